The molecule has 192 valence electrons. The molecule has 1 aliphatic heterocycles. The van der Waals surface area contributed by atoms with Gasteiger partial charge >= 0.3 is 0 Å². The molecule has 3 aromatic rings. The number of hydrogen-bond donors (Lipinski definition) is 2. The van der Waals surface area contributed by atoms with E-state index in [2.05, 4.69) is 26.0 Å². The largest absolute Gasteiger partial charge is 0.379 e. The third kappa shape index (κ3) is 5.93. The zero-order valence-corrected chi connectivity index (χ0v) is 23.6. The van der Waals surface area contributed by atoms with Gasteiger partial charge in [0, 0.05) is 23.2 Å². The molecule has 2 heterocycles. The maximum absolute atomic E-state index is 13.1. The molecule has 2 aromatic carbocycles. The van der Waals surface area contributed by atoms with Crippen molar-refractivity contribution in [2.45, 2.75) is 16.0 Å². The van der Waals surface area contributed by atoms with Crippen molar-refractivity contribution in [2.75, 3.05) is 36.3 Å². The summed E-state index contributed by atoms with van der Waals surface area (Å²) >= 11 is 10.1. The fourth-order valence-electron chi connectivity index (χ4n) is 3.57. The lowest BCUT2D eigenvalue weighted by molar-refractivity contribution is 0.0730. The Kier molecular flexibility index (Phi) is 8.10. The fraction of sp³-hybridized carbons (Fsp3) is 0.227. The van der Waals surface area contributed by atoms with Gasteiger partial charge in [-0.25, -0.2) is 16.8 Å². The van der Waals surface area contributed by atoms with Crippen molar-refractivity contribution in [3.8, 4) is 0 Å². The number of thiophene rings is 1. The summed E-state index contributed by atoms with van der Waals surface area (Å²) in [6, 6.07) is 11.9. The number of hydrogen-bond acceptors (Lipinski definition) is 7. The van der Waals surface area contributed by atoms with Crippen LogP contribution in [0.2, 0.25) is 4.34 Å². The number of carbonyl (C=O) groups is 1. The highest BCUT2D eigenvalue weighted by atomic mass is 79.9. The van der Waals surface area contributed by atoms with Gasteiger partial charge in [-0.2, -0.15) is 4.31 Å². The van der Waals surface area contributed by atoms with E-state index in [1.807, 2.05) is 0 Å². The van der Waals surface area contributed by atoms with E-state index in [9.17, 15) is 21.6 Å². The molecule has 1 saturated heterocycles. The Labute approximate surface area is 226 Å². The lowest BCUT2D eigenvalue weighted by Gasteiger charge is -2.26. The quantitative estimate of drug-likeness (QED) is 0.394. The standard InChI is InChI=1S/C22H21BrClN3O6S3/c1-14-12-16(3-5-19(14)36(31,32)27-8-10-33-11-9-27)25-22(28)17-13-15(23)2-4-18(17)26-35(29,30)21-7-6-20(24)34-21/h2-7,12-13,26H,8-11H2,1H3,(H,25,28). The fourth-order valence-corrected chi connectivity index (χ4v) is 8.11. The number of anilines is 2. The molecule has 0 spiro atoms. The average Bonchev–Trinajstić information content (AvgIpc) is 3.28. The normalized spacial score (nSPS) is 15.0. The van der Waals surface area contributed by atoms with Gasteiger partial charge in [-0.1, -0.05) is 27.5 Å². The van der Waals surface area contributed by atoms with Crippen LogP contribution in [0.5, 0.6) is 0 Å². The number of ether oxygens (including phenoxy) is 1. The van der Waals surface area contributed by atoms with E-state index >= 15 is 0 Å². The van der Waals surface area contributed by atoms with Gasteiger partial charge in [0.2, 0.25) is 10.0 Å². The Bertz CT molecular complexity index is 1520. The Morgan fingerprint density at radius 2 is 1.78 bits per heavy atom. The third-order valence-electron chi connectivity index (χ3n) is 5.30. The number of carbonyl (C=O) groups excluding carboxylic acids is 1. The van der Waals surface area contributed by atoms with Crippen LogP contribution in [-0.2, 0) is 24.8 Å². The van der Waals surface area contributed by atoms with E-state index in [0.717, 1.165) is 11.3 Å². The molecule has 2 N–H and O–H groups in total. The molecule has 0 atom stereocenters. The molecule has 0 bridgehead atoms. The number of sulfonamides is 2. The number of halogens is 2. The van der Waals surface area contributed by atoms with Crippen LogP contribution in [0.4, 0.5) is 11.4 Å². The van der Waals surface area contributed by atoms with Crippen LogP contribution >= 0.6 is 38.9 Å². The highest BCUT2D eigenvalue weighted by Crippen LogP contribution is 2.30. The van der Waals surface area contributed by atoms with E-state index in [1.54, 1.807) is 19.1 Å². The van der Waals surface area contributed by atoms with E-state index < -0.39 is 26.0 Å². The summed E-state index contributed by atoms with van der Waals surface area (Å²) in [5.41, 5.74) is 0.961. The minimum Gasteiger partial charge on any atom is -0.379 e. The van der Waals surface area contributed by atoms with Crippen LogP contribution in [0.25, 0.3) is 0 Å². The molecule has 14 heteroatoms. The second kappa shape index (κ2) is 10.8. The van der Waals surface area contributed by atoms with Crippen LogP contribution < -0.4 is 10.0 Å². The molecule has 36 heavy (non-hydrogen) atoms. The summed E-state index contributed by atoms with van der Waals surface area (Å²) in [6.45, 7) is 2.88. The molecular weight excluding hydrogens is 614 g/mol. The molecule has 0 radical (unpaired) electrons. The van der Waals surface area contributed by atoms with Crippen molar-refractivity contribution in [1.82, 2.24) is 4.31 Å². The Balaban J connectivity index is 1.57. The van der Waals surface area contributed by atoms with E-state index in [1.165, 1.54) is 40.7 Å². The van der Waals surface area contributed by atoms with Gasteiger partial charge in [0.25, 0.3) is 15.9 Å². The summed E-state index contributed by atoms with van der Waals surface area (Å²) in [5.74, 6) is -0.582. The first-order chi connectivity index (χ1) is 17.0. The molecule has 1 aromatic heterocycles. The van der Waals surface area contributed by atoms with Crippen LogP contribution in [0.1, 0.15) is 15.9 Å². The SMILES string of the molecule is Cc1cc(NC(=O)c2cc(Br)ccc2NS(=O)(=O)c2ccc(Cl)s2)ccc1S(=O)(=O)N1CCOCC1. The number of rotatable bonds is 7. The molecule has 1 fully saturated rings. The first-order valence-corrected chi connectivity index (χ1v) is 15.5. The molecular formula is C22H21BrClN3O6S3. The van der Waals surface area contributed by atoms with Gasteiger partial charge in [0.1, 0.15) is 4.21 Å². The first kappa shape index (κ1) is 27.0. The number of nitrogens with zero attached hydrogens (tertiary/aromatic N) is 1. The summed E-state index contributed by atoms with van der Waals surface area (Å²) in [4.78, 5) is 13.3. The van der Waals surface area contributed by atoms with Gasteiger partial charge in [-0.05, 0) is 61.0 Å². The average molecular weight is 635 g/mol. The van der Waals surface area contributed by atoms with Crippen molar-refractivity contribution < 1.29 is 26.4 Å². The van der Waals surface area contributed by atoms with Gasteiger partial charge in [0.05, 0.1) is 33.7 Å². The first-order valence-electron chi connectivity index (χ1n) is 10.5. The lowest BCUT2D eigenvalue weighted by atomic mass is 10.1. The maximum atomic E-state index is 13.1. The number of aryl methyl sites for hydroxylation is 1. The zero-order chi connectivity index (χ0) is 26.1. The van der Waals surface area contributed by atoms with Crippen LogP contribution in [-0.4, -0.2) is 53.4 Å². The summed E-state index contributed by atoms with van der Waals surface area (Å²) in [7, 11) is -7.66. The summed E-state index contributed by atoms with van der Waals surface area (Å²) in [5, 5.41) is 2.71. The Morgan fingerprint density at radius 1 is 1.06 bits per heavy atom. The minimum atomic E-state index is -3.97. The molecule has 0 unspecified atom stereocenters. The van der Waals surface area contributed by atoms with Crippen molar-refractivity contribution in [3.63, 3.8) is 0 Å². The predicted octanol–water partition coefficient (Wildman–Crippen LogP) is 4.55. The topological polar surface area (TPSA) is 122 Å². The van der Waals surface area contributed by atoms with E-state index in [-0.39, 0.29) is 33.4 Å². The van der Waals surface area contributed by atoms with Gasteiger partial charge in [-0.15, -0.1) is 11.3 Å². The molecule has 9 nitrogen and oxygen atoms in total. The van der Waals surface area contributed by atoms with Crippen molar-refractivity contribution >= 4 is 76.2 Å². The van der Waals surface area contributed by atoms with Gasteiger partial charge < -0.3 is 10.1 Å². The molecule has 0 saturated carbocycles. The minimum absolute atomic E-state index is 0.00877. The van der Waals surface area contributed by atoms with E-state index in [0.29, 0.717) is 33.3 Å². The van der Waals surface area contributed by atoms with Crippen LogP contribution in [0, 0.1) is 6.92 Å². The number of nitrogens with one attached hydrogen (secondary N) is 2. The number of amides is 1. The van der Waals surface area contributed by atoms with Gasteiger partial charge in [0.15, 0.2) is 0 Å². The van der Waals surface area contributed by atoms with Gasteiger partial charge in [-0.3, -0.25) is 9.52 Å². The van der Waals surface area contributed by atoms with Crippen LogP contribution in [0.3, 0.4) is 0 Å². The van der Waals surface area contributed by atoms with E-state index in [4.69, 9.17) is 16.3 Å². The zero-order valence-electron chi connectivity index (χ0n) is 18.8. The maximum Gasteiger partial charge on any atom is 0.271 e. The second-order valence-corrected chi connectivity index (χ2v) is 14.3. The van der Waals surface area contributed by atoms with Crippen molar-refractivity contribution in [3.05, 3.63) is 68.5 Å². The third-order valence-corrected chi connectivity index (χ3v) is 10.9. The molecule has 1 amide bonds. The monoisotopic (exact) mass is 633 g/mol. The lowest BCUT2D eigenvalue weighted by Crippen LogP contribution is -2.40. The van der Waals surface area contributed by atoms with Crippen LogP contribution in [0.15, 0.2) is 62.1 Å². The molecule has 1 aliphatic rings. The molecule has 4 rings (SSSR count). The molecule has 0 aliphatic carbocycles. The second-order valence-electron chi connectivity index (χ2n) is 7.80. The van der Waals surface area contributed by atoms with Crippen molar-refractivity contribution in [2.24, 2.45) is 0 Å². The smallest absolute Gasteiger partial charge is 0.271 e. The number of benzene rings is 2. The Morgan fingerprint density at radius 3 is 2.42 bits per heavy atom. The highest BCUT2D eigenvalue weighted by molar-refractivity contribution is 9.10. The summed E-state index contributed by atoms with van der Waals surface area (Å²) in [6.07, 6.45) is 0. The Hall–Kier alpha value is -2.00. The highest BCUT2D eigenvalue weighted by Gasteiger charge is 2.28. The number of morpholine rings is 1. The predicted molar refractivity (Wildman–Crippen MR) is 143 cm³/mol. The summed E-state index contributed by atoms with van der Waals surface area (Å²) < 4.78 is 61.5. The van der Waals surface area contributed by atoms with Crippen molar-refractivity contribution in [1.29, 1.82) is 0 Å².